The van der Waals surface area contributed by atoms with Crippen molar-refractivity contribution in [1.82, 2.24) is 4.90 Å². The fraction of sp³-hybridized carbons (Fsp3) is 0.875. The van der Waals surface area contributed by atoms with Gasteiger partial charge < -0.3 is 14.7 Å². The minimum atomic E-state index is -0.762. The van der Waals surface area contributed by atoms with Crippen molar-refractivity contribution in [3.63, 3.8) is 0 Å². The van der Waals surface area contributed by atoms with E-state index in [-0.39, 0.29) is 23.8 Å². The van der Waals surface area contributed by atoms with Crippen LogP contribution in [0.4, 0.5) is 4.79 Å². The number of nitrogens with zero attached hydrogens (tertiary/aromatic N) is 1. The summed E-state index contributed by atoms with van der Waals surface area (Å²) in [4.78, 5) is 24.9. The summed E-state index contributed by atoms with van der Waals surface area (Å²) in [6.45, 7) is 12.9. The number of carboxylic acids is 1. The molecule has 5 nitrogen and oxygen atoms in total. The topological polar surface area (TPSA) is 66.8 Å². The van der Waals surface area contributed by atoms with E-state index in [1.165, 1.54) is 0 Å². The summed E-state index contributed by atoms with van der Waals surface area (Å²) in [7, 11) is 0. The number of carbonyl (C=O) groups excluding carboxylic acids is 1. The number of hydrogen-bond donors (Lipinski definition) is 1. The molecule has 122 valence electrons. The van der Waals surface area contributed by atoms with Crippen LogP contribution in [0.5, 0.6) is 0 Å². The molecule has 0 saturated carbocycles. The van der Waals surface area contributed by atoms with Gasteiger partial charge in [-0.1, -0.05) is 20.8 Å². The SMILES string of the molecule is CC1CN(C(=O)OC(C)(C)C)CCC1C(C)(C)CC(=O)O. The van der Waals surface area contributed by atoms with Crippen LogP contribution in [-0.4, -0.2) is 40.8 Å². The third kappa shape index (κ3) is 5.21. The Labute approximate surface area is 127 Å². The number of carbonyl (C=O) groups is 2. The van der Waals surface area contributed by atoms with Crippen LogP contribution >= 0.6 is 0 Å². The highest BCUT2D eigenvalue weighted by Crippen LogP contribution is 2.41. The lowest BCUT2D eigenvalue weighted by atomic mass is 9.67. The summed E-state index contributed by atoms with van der Waals surface area (Å²) in [5.41, 5.74) is -0.745. The predicted octanol–water partition coefficient (Wildman–Crippen LogP) is 3.38. The Kier molecular flexibility index (Phi) is 5.29. The number of rotatable bonds is 3. The quantitative estimate of drug-likeness (QED) is 0.867. The van der Waals surface area contributed by atoms with Crippen LogP contribution in [-0.2, 0) is 9.53 Å². The van der Waals surface area contributed by atoms with Gasteiger partial charge >= 0.3 is 12.1 Å². The van der Waals surface area contributed by atoms with Gasteiger partial charge in [-0.3, -0.25) is 4.79 Å². The Morgan fingerprint density at radius 2 is 1.81 bits per heavy atom. The Morgan fingerprint density at radius 1 is 1.24 bits per heavy atom. The molecule has 0 spiro atoms. The number of carboxylic acid groups (broad SMARTS) is 1. The molecule has 0 aromatic rings. The first-order chi connectivity index (χ1) is 9.42. The lowest BCUT2D eigenvalue weighted by molar-refractivity contribution is -0.140. The van der Waals surface area contributed by atoms with Crippen molar-refractivity contribution < 1.29 is 19.4 Å². The molecule has 1 aliphatic rings. The molecule has 1 aliphatic heterocycles. The molecule has 0 bridgehead atoms. The first-order valence-electron chi connectivity index (χ1n) is 7.62. The monoisotopic (exact) mass is 299 g/mol. The Hall–Kier alpha value is -1.26. The molecule has 1 heterocycles. The first-order valence-corrected chi connectivity index (χ1v) is 7.62. The zero-order chi connectivity index (χ0) is 16.4. The highest BCUT2D eigenvalue weighted by atomic mass is 16.6. The van der Waals surface area contributed by atoms with Gasteiger partial charge in [-0.25, -0.2) is 4.79 Å². The standard InChI is InChI=1S/C16H29NO4/c1-11-10-17(14(20)21-15(2,3)4)8-7-12(11)16(5,6)9-13(18)19/h11-12H,7-10H2,1-6H3,(H,18,19). The second kappa shape index (κ2) is 6.24. The summed E-state index contributed by atoms with van der Waals surface area (Å²) in [5, 5.41) is 9.05. The van der Waals surface area contributed by atoms with Crippen LogP contribution in [0.25, 0.3) is 0 Å². The van der Waals surface area contributed by atoms with E-state index in [1.807, 2.05) is 34.6 Å². The molecule has 2 atom stereocenters. The molecule has 1 fully saturated rings. The molecular weight excluding hydrogens is 270 g/mol. The van der Waals surface area contributed by atoms with E-state index < -0.39 is 11.6 Å². The van der Waals surface area contributed by atoms with Crippen molar-refractivity contribution in [3.8, 4) is 0 Å². The molecule has 1 amide bonds. The number of amides is 1. The molecule has 5 heteroatoms. The van der Waals surface area contributed by atoms with Crippen LogP contribution in [0.1, 0.15) is 54.4 Å². The van der Waals surface area contributed by atoms with Gasteiger partial charge in [0.15, 0.2) is 0 Å². The summed E-state index contributed by atoms with van der Waals surface area (Å²) in [6, 6.07) is 0. The van der Waals surface area contributed by atoms with Crippen LogP contribution in [0, 0.1) is 17.3 Å². The van der Waals surface area contributed by atoms with Crippen molar-refractivity contribution in [2.24, 2.45) is 17.3 Å². The summed E-state index contributed by atoms with van der Waals surface area (Å²) in [6.07, 6.45) is 0.707. The van der Waals surface area contributed by atoms with Crippen molar-refractivity contribution >= 4 is 12.1 Å². The molecule has 0 aromatic carbocycles. The van der Waals surface area contributed by atoms with Gasteiger partial charge in [-0.15, -0.1) is 0 Å². The largest absolute Gasteiger partial charge is 0.481 e. The highest BCUT2D eigenvalue weighted by molar-refractivity contribution is 5.68. The van der Waals surface area contributed by atoms with Crippen molar-refractivity contribution in [1.29, 1.82) is 0 Å². The number of likely N-dealkylation sites (tertiary alicyclic amines) is 1. The average Bonchev–Trinajstić information content (AvgIpc) is 2.24. The van der Waals surface area contributed by atoms with Gasteiger partial charge in [0.1, 0.15) is 5.60 Å². The second-order valence-electron chi connectivity index (χ2n) is 7.86. The lowest BCUT2D eigenvalue weighted by Crippen LogP contribution is -2.48. The van der Waals surface area contributed by atoms with Crippen LogP contribution in [0.2, 0.25) is 0 Å². The third-order valence-corrected chi connectivity index (χ3v) is 4.17. The number of aliphatic carboxylic acids is 1. The summed E-state index contributed by atoms with van der Waals surface area (Å²) < 4.78 is 5.40. The maximum atomic E-state index is 12.1. The Morgan fingerprint density at radius 3 is 2.24 bits per heavy atom. The fourth-order valence-electron chi connectivity index (χ4n) is 3.32. The minimum absolute atomic E-state index is 0.161. The molecule has 1 rings (SSSR count). The van der Waals surface area contributed by atoms with E-state index in [9.17, 15) is 9.59 Å². The summed E-state index contributed by atoms with van der Waals surface area (Å²) in [5.74, 6) is -0.199. The maximum absolute atomic E-state index is 12.1. The molecule has 21 heavy (non-hydrogen) atoms. The molecule has 0 aliphatic carbocycles. The smallest absolute Gasteiger partial charge is 0.410 e. The van der Waals surface area contributed by atoms with Gasteiger partial charge in [0.2, 0.25) is 0 Å². The van der Waals surface area contributed by atoms with Gasteiger partial charge in [0.05, 0.1) is 6.42 Å². The minimum Gasteiger partial charge on any atom is -0.481 e. The molecular formula is C16H29NO4. The van der Waals surface area contributed by atoms with Crippen molar-refractivity contribution in [2.75, 3.05) is 13.1 Å². The predicted molar refractivity (Wildman–Crippen MR) is 81.1 cm³/mol. The van der Waals surface area contributed by atoms with E-state index in [0.29, 0.717) is 19.0 Å². The maximum Gasteiger partial charge on any atom is 0.410 e. The van der Waals surface area contributed by atoms with E-state index in [4.69, 9.17) is 9.84 Å². The number of ether oxygens (including phenoxy) is 1. The van der Waals surface area contributed by atoms with E-state index >= 15 is 0 Å². The molecule has 1 saturated heterocycles. The van der Waals surface area contributed by atoms with Crippen molar-refractivity contribution in [2.45, 2.75) is 60.0 Å². The molecule has 2 unspecified atom stereocenters. The first kappa shape index (κ1) is 17.8. The summed E-state index contributed by atoms with van der Waals surface area (Å²) >= 11 is 0. The van der Waals surface area contributed by atoms with Crippen molar-refractivity contribution in [3.05, 3.63) is 0 Å². The van der Waals surface area contributed by atoms with Crippen LogP contribution in [0.3, 0.4) is 0 Å². The fourth-order valence-corrected chi connectivity index (χ4v) is 3.32. The van der Waals surface area contributed by atoms with Crippen LogP contribution in [0.15, 0.2) is 0 Å². The van der Waals surface area contributed by atoms with Gasteiger partial charge in [-0.05, 0) is 44.4 Å². The van der Waals surface area contributed by atoms with Gasteiger partial charge in [0, 0.05) is 13.1 Å². The van der Waals surface area contributed by atoms with Gasteiger partial charge in [0.25, 0.3) is 0 Å². The average molecular weight is 299 g/mol. The van der Waals surface area contributed by atoms with E-state index in [2.05, 4.69) is 6.92 Å². The molecule has 0 aromatic heterocycles. The number of piperidine rings is 1. The second-order valence-corrected chi connectivity index (χ2v) is 7.86. The molecule has 0 radical (unpaired) electrons. The zero-order valence-corrected chi connectivity index (χ0v) is 14.1. The highest BCUT2D eigenvalue weighted by Gasteiger charge is 2.40. The lowest BCUT2D eigenvalue weighted by Gasteiger charge is -2.44. The van der Waals surface area contributed by atoms with E-state index in [1.54, 1.807) is 4.90 Å². The normalized spacial score (nSPS) is 23.8. The molecule has 1 N–H and O–H groups in total. The Balaban J connectivity index is 2.66. The van der Waals surface area contributed by atoms with Crippen LogP contribution < -0.4 is 0 Å². The van der Waals surface area contributed by atoms with E-state index in [0.717, 1.165) is 6.42 Å². The number of hydrogen-bond acceptors (Lipinski definition) is 3. The zero-order valence-electron chi connectivity index (χ0n) is 14.1. The van der Waals surface area contributed by atoms with Gasteiger partial charge in [-0.2, -0.15) is 0 Å². The third-order valence-electron chi connectivity index (χ3n) is 4.17. The Bertz CT molecular complexity index is 398.